The van der Waals surface area contributed by atoms with Gasteiger partial charge in [-0.2, -0.15) is 0 Å². The molecule has 0 heterocycles. The van der Waals surface area contributed by atoms with Crippen LogP contribution in [0, 0.1) is 13.8 Å². The van der Waals surface area contributed by atoms with Crippen LogP contribution >= 0.6 is 0 Å². The van der Waals surface area contributed by atoms with Crippen LogP contribution < -0.4 is 10.0 Å². The number of hydrogen-bond acceptors (Lipinski definition) is 4. The summed E-state index contributed by atoms with van der Waals surface area (Å²) in [6, 6.07) is 3.65. The number of nitrogens with one attached hydrogen (secondary N) is 2. The summed E-state index contributed by atoms with van der Waals surface area (Å²) in [4.78, 5) is 0.350. The molecule has 19 heavy (non-hydrogen) atoms. The van der Waals surface area contributed by atoms with Gasteiger partial charge in [-0.1, -0.05) is 0 Å². The molecule has 0 aliphatic carbocycles. The van der Waals surface area contributed by atoms with E-state index in [0.717, 1.165) is 16.8 Å². The molecule has 1 aromatic rings. The quantitative estimate of drug-likeness (QED) is 0.748. The Morgan fingerprint density at radius 1 is 1.21 bits per heavy atom. The second-order valence-electron chi connectivity index (χ2n) is 4.28. The van der Waals surface area contributed by atoms with E-state index in [9.17, 15) is 8.42 Å². The van der Waals surface area contributed by atoms with Crippen LogP contribution in [0.3, 0.4) is 0 Å². The Hall–Kier alpha value is -1.11. The van der Waals surface area contributed by atoms with Gasteiger partial charge in [-0.3, -0.25) is 0 Å². The average Bonchev–Trinajstić information content (AvgIpc) is 2.33. The highest BCUT2D eigenvalue weighted by Gasteiger charge is 2.19. The zero-order chi connectivity index (χ0) is 14.5. The highest BCUT2D eigenvalue weighted by Crippen LogP contribution is 2.23. The second kappa shape index (κ2) is 6.88. The number of anilines is 1. The fourth-order valence-electron chi connectivity index (χ4n) is 1.98. The van der Waals surface area contributed by atoms with Crippen molar-refractivity contribution in [2.75, 3.05) is 32.1 Å². The van der Waals surface area contributed by atoms with Crippen LogP contribution in [0.25, 0.3) is 0 Å². The minimum absolute atomic E-state index is 0.281. The van der Waals surface area contributed by atoms with Crippen LogP contribution in [0.1, 0.15) is 18.1 Å². The maximum absolute atomic E-state index is 12.2. The molecule has 0 unspecified atom stereocenters. The standard InChI is InChI=1S/C13H22N2O3S/c1-5-18-7-6-15-19(16,17)13-10(2)8-12(14-4)9-11(13)3/h8-9,14-15H,5-7H2,1-4H3. The maximum Gasteiger partial charge on any atom is 0.241 e. The Morgan fingerprint density at radius 3 is 2.26 bits per heavy atom. The van der Waals surface area contributed by atoms with E-state index in [2.05, 4.69) is 10.0 Å². The van der Waals surface area contributed by atoms with Gasteiger partial charge in [0.15, 0.2) is 0 Å². The second-order valence-corrected chi connectivity index (χ2v) is 5.99. The van der Waals surface area contributed by atoms with E-state index >= 15 is 0 Å². The zero-order valence-corrected chi connectivity index (χ0v) is 12.7. The number of rotatable bonds is 7. The zero-order valence-electron chi connectivity index (χ0n) is 11.9. The summed E-state index contributed by atoms with van der Waals surface area (Å²) in [7, 11) is -1.68. The van der Waals surface area contributed by atoms with Crippen LogP contribution in [0.15, 0.2) is 17.0 Å². The minimum atomic E-state index is -3.48. The topological polar surface area (TPSA) is 67.4 Å². The molecule has 0 fully saturated rings. The Morgan fingerprint density at radius 2 is 1.79 bits per heavy atom. The first-order valence-electron chi connectivity index (χ1n) is 6.28. The Bertz CT molecular complexity index is 504. The Labute approximate surface area is 115 Å². The molecule has 1 aromatic carbocycles. The molecule has 0 amide bonds. The number of sulfonamides is 1. The van der Waals surface area contributed by atoms with Crippen LogP contribution in [0.2, 0.25) is 0 Å². The molecule has 0 aromatic heterocycles. The van der Waals surface area contributed by atoms with Crippen molar-refractivity contribution in [1.29, 1.82) is 0 Å². The lowest BCUT2D eigenvalue weighted by Gasteiger charge is -2.14. The molecule has 1 rings (SSSR count). The van der Waals surface area contributed by atoms with E-state index in [0.29, 0.717) is 18.1 Å². The fourth-order valence-corrected chi connectivity index (χ4v) is 3.45. The van der Waals surface area contributed by atoms with E-state index in [1.54, 1.807) is 13.8 Å². The number of benzene rings is 1. The summed E-state index contributed by atoms with van der Waals surface area (Å²) < 4.78 is 32.2. The van der Waals surface area contributed by atoms with Crippen molar-refractivity contribution in [2.24, 2.45) is 0 Å². The van der Waals surface area contributed by atoms with Gasteiger partial charge in [-0.25, -0.2) is 13.1 Å². The Kier molecular flexibility index (Phi) is 5.78. The molecule has 0 aliphatic rings. The van der Waals surface area contributed by atoms with Gasteiger partial charge in [0.2, 0.25) is 10.0 Å². The van der Waals surface area contributed by atoms with Gasteiger partial charge in [0.25, 0.3) is 0 Å². The van der Waals surface area contributed by atoms with Gasteiger partial charge in [0.05, 0.1) is 11.5 Å². The summed E-state index contributed by atoms with van der Waals surface area (Å²) in [5, 5.41) is 3.01. The lowest BCUT2D eigenvalue weighted by Crippen LogP contribution is -2.28. The number of hydrogen-bond donors (Lipinski definition) is 2. The van der Waals surface area contributed by atoms with E-state index in [1.165, 1.54) is 0 Å². The van der Waals surface area contributed by atoms with Crippen molar-refractivity contribution in [2.45, 2.75) is 25.7 Å². The summed E-state index contributed by atoms with van der Waals surface area (Å²) in [5.41, 5.74) is 2.37. The molecule has 0 radical (unpaired) electrons. The molecule has 6 heteroatoms. The third-order valence-corrected chi connectivity index (χ3v) is 4.53. The van der Waals surface area contributed by atoms with Crippen LogP contribution in [-0.4, -0.2) is 35.2 Å². The summed E-state index contributed by atoms with van der Waals surface area (Å²) in [6.45, 7) is 6.71. The van der Waals surface area contributed by atoms with Crippen LogP contribution in [-0.2, 0) is 14.8 Å². The minimum Gasteiger partial charge on any atom is -0.388 e. The molecule has 0 saturated carbocycles. The van der Waals surface area contributed by atoms with E-state index in [1.807, 2.05) is 26.1 Å². The predicted molar refractivity (Wildman–Crippen MR) is 77.1 cm³/mol. The number of ether oxygens (including phenoxy) is 1. The highest BCUT2D eigenvalue weighted by molar-refractivity contribution is 7.89. The SMILES string of the molecule is CCOCCNS(=O)(=O)c1c(C)cc(NC)cc1C. The van der Waals surface area contributed by atoms with Gasteiger partial charge in [0, 0.05) is 25.9 Å². The summed E-state index contributed by atoms with van der Waals surface area (Å²) >= 11 is 0. The summed E-state index contributed by atoms with van der Waals surface area (Å²) in [5.74, 6) is 0. The van der Waals surface area contributed by atoms with Gasteiger partial charge in [-0.15, -0.1) is 0 Å². The Balaban J connectivity index is 2.95. The van der Waals surface area contributed by atoms with Crippen molar-refractivity contribution in [1.82, 2.24) is 4.72 Å². The van der Waals surface area contributed by atoms with Crippen LogP contribution in [0.4, 0.5) is 5.69 Å². The largest absolute Gasteiger partial charge is 0.388 e. The van der Waals surface area contributed by atoms with Gasteiger partial charge < -0.3 is 10.1 Å². The first-order chi connectivity index (χ1) is 8.92. The third-order valence-electron chi connectivity index (χ3n) is 2.76. The fraction of sp³-hybridized carbons (Fsp3) is 0.538. The van der Waals surface area contributed by atoms with Gasteiger partial charge in [-0.05, 0) is 44.0 Å². The van der Waals surface area contributed by atoms with E-state index in [-0.39, 0.29) is 6.54 Å². The molecule has 0 spiro atoms. The summed E-state index contributed by atoms with van der Waals surface area (Å²) in [6.07, 6.45) is 0. The van der Waals surface area contributed by atoms with E-state index in [4.69, 9.17) is 4.74 Å². The smallest absolute Gasteiger partial charge is 0.241 e. The third kappa shape index (κ3) is 4.19. The maximum atomic E-state index is 12.2. The van der Waals surface area contributed by atoms with Crippen LogP contribution in [0.5, 0.6) is 0 Å². The molecule has 2 N–H and O–H groups in total. The predicted octanol–water partition coefficient (Wildman–Crippen LogP) is 1.66. The molecular formula is C13H22N2O3S. The van der Waals surface area contributed by atoms with Crippen molar-refractivity contribution in [3.8, 4) is 0 Å². The molecule has 5 nitrogen and oxygen atoms in total. The molecule has 0 aliphatic heterocycles. The molecule has 0 bridgehead atoms. The number of aryl methyl sites for hydroxylation is 2. The lowest BCUT2D eigenvalue weighted by molar-refractivity contribution is 0.153. The van der Waals surface area contributed by atoms with Gasteiger partial charge in [0.1, 0.15) is 0 Å². The van der Waals surface area contributed by atoms with Crippen molar-refractivity contribution < 1.29 is 13.2 Å². The molecule has 0 saturated heterocycles. The first-order valence-corrected chi connectivity index (χ1v) is 7.77. The van der Waals surface area contributed by atoms with Crippen molar-refractivity contribution >= 4 is 15.7 Å². The first kappa shape index (κ1) is 15.9. The highest BCUT2D eigenvalue weighted by atomic mass is 32.2. The van der Waals surface area contributed by atoms with E-state index < -0.39 is 10.0 Å². The average molecular weight is 286 g/mol. The van der Waals surface area contributed by atoms with Gasteiger partial charge >= 0.3 is 0 Å². The van der Waals surface area contributed by atoms with Crippen molar-refractivity contribution in [3.05, 3.63) is 23.3 Å². The van der Waals surface area contributed by atoms with Crippen molar-refractivity contribution in [3.63, 3.8) is 0 Å². The monoisotopic (exact) mass is 286 g/mol. The molecular weight excluding hydrogens is 264 g/mol. The normalized spacial score (nSPS) is 11.6. The molecule has 108 valence electrons. The lowest BCUT2D eigenvalue weighted by atomic mass is 10.1. The molecule has 0 atom stereocenters.